The van der Waals surface area contributed by atoms with Crippen LogP contribution in [0.4, 0.5) is 5.69 Å². The molecule has 0 bridgehead atoms. The molecule has 1 aromatic rings. The highest BCUT2D eigenvalue weighted by atomic mass is 16.6. The maximum atomic E-state index is 12.6. The Morgan fingerprint density at radius 2 is 1.89 bits per heavy atom. The van der Waals surface area contributed by atoms with Crippen LogP contribution >= 0.6 is 0 Å². The van der Waals surface area contributed by atoms with E-state index in [2.05, 4.69) is 4.90 Å². The van der Waals surface area contributed by atoms with Gasteiger partial charge in [-0.2, -0.15) is 0 Å². The Balaban J connectivity index is 1.87. The van der Waals surface area contributed by atoms with Crippen LogP contribution in [0.1, 0.15) is 18.5 Å². The number of carbonyl (C=O) groups is 2. The molecule has 0 unspecified atom stereocenters. The van der Waals surface area contributed by atoms with Gasteiger partial charge in [-0.15, -0.1) is 0 Å². The number of amides is 1. The van der Waals surface area contributed by atoms with Crippen molar-refractivity contribution < 1.29 is 24.4 Å². The lowest BCUT2D eigenvalue weighted by molar-refractivity contribution is -0.384. The van der Waals surface area contributed by atoms with Crippen molar-refractivity contribution in [3.8, 4) is 0 Å². The molecule has 0 aromatic heterocycles. The van der Waals surface area contributed by atoms with Crippen LogP contribution in [0.15, 0.2) is 35.6 Å². The van der Waals surface area contributed by atoms with E-state index in [1.165, 1.54) is 36.1 Å². The molecule has 1 saturated heterocycles. The largest absolute Gasteiger partial charge is 0.503 e. The summed E-state index contributed by atoms with van der Waals surface area (Å²) in [6, 6.07) is 4.93. The standard InChI is InChI=1S/C18H21N3O6/c1-12(22)15-16(13-2-4-14(5-3-13)21(25)26)20(18(24)17(15)23)7-6-19-8-10-27-11-9-19/h2-5,16,23H,6-11H2,1H3/t16-/m1/s1. The summed E-state index contributed by atoms with van der Waals surface area (Å²) in [5, 5.41) is 21.1. The highest BCUT2D eigenvalue weighted by molar-refractivity contribution is 6.08. The molecule has 27 heavy (non-hydrogen) atoms. The number of ketones is 1. The number of morpholine rings is 1. The van der Waals surface area contributed by atoms with Crippen LogP contribution in [0, 0.1) is 10.1 Å². The Hall–Kier alpha value is -2.78. The number of aliphatic hydroxyl groups excluding tert-OH is 1. The smallest absolute Gasteiger partial charge is 0.290 e. The van der Waals surface area contributed by atoms with Crippen LogP contribution in [0.2, 0.25) is 0 Å². The topological polar surface area (TPSA) is 113 Å². The average Bonchev–Trinajstić information content (AvgIpc) is 2.92. The van der Waals surface area contributed by atoms with Crippen molar-refractivity contribution in [1.82, 2.24) is 9.80 Å². The fourth-order valence-electron chi connectivity index (χ4n) is 3.44. The molecule has 9 heteroatoms. The van der Waals surface area contributed by atoms with Gasteiger partial charge in [-0.3, -0.25) is 24.6 Å². The Bertz CT molecular complexity index is 783. The summed E-state index contributed by atoms with van der Waals surface area (Å²) in [5.41, 5.74) is 0.488. The maximum Gasteiger partial charge on any atom is 0.290 e. The summed E-state index contributed by atoms with van der Waals surface area (Å²) in [6.45, 7) is 4.96. The third kappa shape index (κ3) is 3.83. The molecule has 144 valence electrons. The van der Waals surface area contributed by atoms with E-state index < -0.39 is 28.4 Å². The molecule has 1 fully saturated rings. The van der Waals surface area contributed by atoms with Gasteiger partial charge >= 0.3 is 0 Å². The summed E-state index contributed by atoms with van der Waals surface area (Å²) in [4.78, 5) is 38.6. The van der Waals surface area contributed by atoms with Gasteiger partial charge in [-0.25, -0.2) is 0 Å². The molecular formula is C18H21N3O6. The molecule has 3 rings (SSSR count). The van der Waals surface area contributed by atoms with Crippen LogP contribution in [0.25, 0.3) is 0 Å². The number of non-ortho nitro benzene ring substituents is 1. The monoisotopic (exact) mass is 375 g/mol. The van der Waals surface area contributed by atoms with Crippen LogP contribution in [0.5, 0.6) is 0 Å². The molecular weight excluding hydrogens is 354 g/mol. The number of aliphatic hydroxyl groups is 1. The minimum absolute atomic E-state index is 0.0239. The van der Waals surface area contributed by atoms with Crippen molar-refractivity contribution in [2.75, 3.05) is 39.4 Å². The number of nitro groups is 1. The first-order chi connectivity index (χ1) is 12.9. The zero-order valence-corrected chi connectivity index (χ0v) is 15.0. The van der Waals surface area contributed by atoms with Crippen molar-refractivity contribution in [3.05, 3.63) is 51.3 Å². The van der Waals surface area contributed by atoms with Crippen molar-refractivity contribution in [2.24, 2.45) is 0 Å². The Labute approximate surface area is 156 Å². The zero-order valence-electron chi connectivity index (χ0n) is 15.0. The summed E-state index contributed by atoms with van der Waals surface area (Å²) < 4.78 is 5.31. The average molecular weight is 375 g/mol. The molecule has 2 heterocycles. The number of hydrogen-bond acceptors (Lipinski definition) is 7. The molecule has 1 aromatic carbocycles. The van der Waals surface area contributed by atoms with Crippen LogP contribution in [-0.4, -0.2) is 70.9 Å². The molecule has 9 nitrogen and oxygen atoms in total. The third-order valence-corrected chi connectivity index (χ3v) is 4.86. The Morgan fingerprint density at radius 1 is 1.26 bits per heavy atom. The van der Waals surface area contributed by atoms with Crippen molar-refractivity contribution in [1.29, 1.82) is 0 Å². The van der Waals surface area contributed by atoms with Crippen molar-refractivity contribution in [3.63, 3.8) is 0 Å². The fraction of sp³-hybridized carbons (Fsp3) is 0.444. The van der Waals surface area contributed by atoms with E-state index >= 15 is 0 Å². The zero-order chi connectivity index (χ0) is 19.6. The van der Waals surface area contributed by atoms with Gasteiger partial charge in [0.1, 0.15) is 0 Å². The molecule has 0 saturated carbocycles. The highest BCUT2D eigenvalue weighted by Crippen LogP contribution is 2.37. The number of nitro benzene ring substituents is 1. The van der Waals surface area contributed by atoms with Gasteiger partial charge in [-0.05, 0) is 24.6 Å². The van der Waals surface area contributed by atoms with E-state index in [4.69, 9.17) is 4.74 Å². The fourth-order valence-corrected chi connectivity index (χ4v) is 3.44. The lowest BCUT2D eigenvalue weighted by Gasteiger charge is -2.31. The van der Waals surface area contributed by atoms with E-state index in [1.54, 1.807) is 0 Å². The van der Waals surface area contributed by atoms with Gasteiger partial charge in [0.15, 0.2) is 11.5 Å². The number of rotatable bonds is 6. The van der Waals surface area contributed by atoms with Crippen LogP contribution in [-0.2, 0) is 14.3 Å². The van der Waals surface area contributed by atoms with Crippen LogP contribution < -0.4 is 0 Å². The van der Waals surface area contributed by atoms with Crippen LogP contribution in [0.3, 0.4) is 0 Å². The summed E-state index contributed by atoms with van der Waals surface area (Å²) in [5.74, 6) is -1.55. The summed E-state index contributed by atoms with van der Waals surface area (Å²) >= 11 is 0. The second-order valence-corrected chi connectivity index (χ2v) is 6.52. The molecule has 0 spiro atoms. The van der Waals surface area contributed by atoms with E-state index in [1.807, 2.05) is 0 Å². The summed E-state index contributed by atoms with van der Waals surface area (Å²) in [6.07, 6.45) is 0. The molecule has 1 amide bonds. The number of benzene rings is 1. The molecule has 2 aliphatic heterocycles. The second kappa shape index (κ2) is 7.85. The van der Waals surface area contributed by atoms with E-state index in [0.717, 1.165) is 13.1 Å². The first-order valence-electron chi connectivity index (χ1n) is 8.69. The van der Waals surface area contributed by atoms with Gasteiger partial charge in [0.2, 0.25) is 0 Å². The van der Waals surface area contributed by atoms with E-state index in [0.29, 0.717) is 31.9 Å². The quantitative estimate of drug-likeness (QED) is 0.587. The maximum absolute atomic E-state index is 12.6. The lowest BCUT2D eigenvalue weighted by Crippen LogP contribution is -2.43. The molecule has 1 N–H and O–H groups in total. The van der Waals surface area contributed by atoms with Crippen molar-refractivity contribution >= 4 is 17.4 Å². The predicted molar refractivity (Wildman–Crippen MR) is 95.1 cm³/mol. The summed E-state index contributed by atoms with van der Waals surface area (Å²) in [7, 11) is 0. The first-order valence-corrected chi connectivity index (χ1v) is 8.69. The molecule has 0 radical (unpaired) electrons. The minimum atomic E-state index is -0.753. The molecule has 0 aliphatic carbocycles. The minimum Gasteiger partial charge on any atom is -0.503 e. The lowest BCUT2D eigenvalue weighted by atomic mass is 9.96. The number of Topliss-reactive ketones (excluding diaryl/α,β-unsaturated/α-hetero) is 1. The van der Waals surface area contributed by atoms with Gasteiger partial charge < -0.3 is 14.7 Å². The second-order valence-electron chi connectivity index (χ2n) is 6.52. The SMILES string of the molecule is CC(=O)C1=C(O)C(=O)N(CCN2CCOCC2)[C@@H]1c1ccc([N+](=O)[O-])cc1. The normalized spacial score (nSPS) is 21.0. The highest BCUT2D eigenvalue weighted by Gasteiger charge is 2.42. The molecule has 2 aliphatic rings. The number of nitrogens with zero attached hydrogens (tertiary/aromatic N) is 3. The number of ether oxygens (including phenoxy) is 1. The molecule has 1 atom stereocenters. The predicted octanol–water partition coefficient (Wildman–Crippen LogP) is 1.21. The van der Waals surface area contributed by atoms with Gasteiger partial charge in [-0.1, -0.05) is 0 Å². The third-order valence-electron chi connectivity index (χ3n) is 4.86. The van der Waals surface area contributed by atoms with Gasteiger partial charge in [0.05, 0.1) is 29.8 Å². The van der Waals surface area contributed by atoms with E-state index in [-0.39, 0.29) is 11.3 Å². The van der Waals surface area contributed by atoms with Crippen molar-refractivity contribution in [2.45, 2.75) is 13.0 Å². The first kappa shape index (κ1) is 19.0. The number of carbonyl (C=O) groups excluding carboxylic acids is 2. The number of hydrogen-bond donors (Lipinski definition) is 1. The van der Waals surface area contributed by atoms with E-state index in [9.17, 15) is 24.8 Å². The Kier molecular flexibility index (Phi) is 5.52. The Morgan fingerprint density at radius 3 is 2.44 bits per heavy atom. The van der Waals surface area contributed by atoms with Gasteiger partial charge in [0.25, 0.3) is 11.6 Å². The van der Waals surface area contributed by atoms with Gasteiger partial charge in [0, 0.05) is 38.3 Å².